The molecule has 0 spiro atoms. The third-order valence-electron chi connectivity index (χ3n) is 14.5. The van der Waals surface area contributed by atoms with Gasteiger partial charge >= 0.3 is 0 Å². The molecular weight excluding hydrogens is 749 g/mol. The van der Waals surface area contributed by atoms with E-state index in [2.05, 4.69) is 231 Å². The Morgan fingerprint density at radius 3 is 1.74 bits per heavy atom. The van der Waals surface area contributed by atoms with E-state index in [1.165, 1.54) is 105 Å². The van der Waals surface area contributed by atoms with Crippen LogP contribution >= 0.6 is 0 Å². The minimum absolute atomic E-state index is 0.0842. The van der Waals surface area contributed by atoms with Gasteiger partial charge in [0.15, 0.2) is 0 Å². The van der Waals surface area contributed by atoms with E-state index in [-0.39, 0.29) is 10.8 Å². The van der Waals surface area contributed by atoms with Crippen LogP contribution in [0.3, 0.4) is 0 Å². The summed E-state index contributed by atoms with van der Waals surface area (Å²) in [6.07, 6.45) is 0. The van der Waals surface area contributed by atoms with Gasteiger partial charge in [-0.2, -0.15) is 0 Å². The highest BCUT2D eigenvalue weighted by Gasteiger charge is 2.41. The molecule has 2 nitrogen and oxygen atoms in total. The van der Waals surface area contributed by atoms with Crippen LogP contribution in [0.2, 0.25) is 0 Å². The van der Waals surface area contributed by atoms with Crippen molar-refractivity contribution in [1.82, 2.24) is 4.57 Å². The molecule has 0 N–H and O–H groups in total. The maximum absolute atomic E-state index is 2.55. The molecule has 1 aliphatic heterocycles. The number of nitrogens with zero attached hydrogens (tertiary/aromatic N) is 2. The molecule has 0 radical (unpaired) electrons. The van der Waals surface area contributed by atoms with E-state index in [1.54, 1.807) is 0 Å². The van der Waals surface area contributed by atoms with Crippen molar-refractivity contribution in [3.8, 4) is 61.3 Å². The molecule has 1 aromatic heterocycles. The summed E-state index contributed by atoms with van der Waals surface area (Å²) >= 11 is 0. The largest absolute Gasteiger partial charge is 0.310 e. The summed E-state index contributed by atoms with van der Waals surface area (Å²) in [5, 5.41) is 2.58. The van der Waals surface area contributed by atoms with Crippen molar-refractivity contribution in [2.24, 2.45) is 0 Å². The molecule has 13 rings (SSSR count). The first-order valence-electron chi connectivity index (χ1n) is 21.9. The van der Waals surface area contributed by atoms with Gasteiger partial charge in [-0.05, 0) is 121 Å². The smallest absolute Gasteiger partial charge is 0.0623 e. The SMILES string of the molecule is CC1(C)c2ccccc2-c2ccc(N(c3cccc(-c4ccccc4)c3)c3cccc(-c4ccc5c(c4)c4ccc6c7c4n5-c4ccccc4-c4cccc(c4-7)C6(C)C)c3)cc21. The van der Waals surface area contributed by atoms with Crippen LogP contribution in [-0.2, 0) is 10.8 Å². The highest BCUT2D eigenvalue weighted by atomic mass is 15.1. The number of aromatic nitrogens is 1. The molecule has 9 aromatic carbocycles. The lowest BCUT2D eigenvalue weighted by Crippen LogP contribution is -2.16. The number of hydrogen-bond acceptors (Lipinski definition) is 1. The molecule has 0 saturated carbocycles. The number of benzene rings is 9. The Balaban J connectivity index is 1.000. The molecule has 0 amide bonds. The molecule has 0 unspecified atom stereocenters. The van der Waals surface area contributed by atoms with Gasteiger partial charge in [-0.1, -0.05) is 167 Å². The zero-order valence-corrected chi connectivity index (χ0v) is 35.4. The Kier molecular flexibility index (Phi) is 7.16. The van der Waals surface area contributed by atoms with Gasteiger partial charge < -0.3 is 9.47 Å². The van der Waals surface area contributed by atoms with Crippen LogP contribution in [0.25, 0.3) is 83.1 Å². The third kappa shape index (κ3) is 4.75. The lowest BCUT2D eigenvalue weighted by atomic mass is 9.81. The molecular formula is C60H44N2. The quantitative estimate of drug-likeness (QED) is 0.169. The summed E-state index contributed by atoms with van der Waals surface area (Å²) in [4.78, 5) is 2.45. The van der Waals surface area contributed by atoms with Crippen LogP contribution in [0.5, 0.6) is 0 Å². The Labute approximate surface area is 363 Å². The maximum Gasteiger partial charge on any atom is 0.0623 e. The van der Waals surface area contributed by atoms with Gasteiger partial charge in [-0.3, -0.25) is 0 Å². The summed E-state index contributed by atoms with van der Waals surface area (Å²) in [6, 6.07) is 72.7. The Morgan fingerprint density at radius 1 is 0.355 bits per heavy atom. The molecule has 3 aliphatic rings. The van der Waals surface area contributed by atoms with Gasteiger partial charge in [0.1, 0.15) is 0 Å². The molecule has 0 bridgehead atoms. The lowest BCUT2D eigenvalue weighted by molar-refractivity contribution is 0.660. The fraction of sp³-hybridized carbons (Fsp3) is 0.100. The Bertz CT molecular complexity index is 3530. The summed E-state index contributed by atoms with van der Waals surface area (Å²) in [7, 11) is 0. The van der Waals surface area contributed by atoms with Gasteiger partial charge in [0, 0.05) is 49.8 Å². The molecule has 62 heavy (non-hydrogen) atoms. The van der Waals surface area contributed by atoms with Crippen molar-refractivity contribution >= 4 is 38.9 Å². The number of para-hydroxylation sites is 1. The van der Waals surface area contributed by atoms with Crippen LogP contribution in [0.4, 0.5) is 17.1 Å². The summed E-state index contributed by atoms with van der Waals surface area (Å²) in [5.74, 6) is 0. The average molecular weight is 793 g/mol. The number of fused-ring (bicyclic) bond motifs is 9. The average Bonchev–Trinajstić information content (AvgIpc) is 3.82. The predicted molar refractivity (Wildman–Crippen MR) is 260 cm³/mol. The molecule has 10 aromatic rings. The van der Waals surface area contributed by atoms with E-state index in [0.717, 1.165) is 17.1 Å². The first-order valence-corrected chi connectivity index (χ1v) is 21.9. The second-order valence-corrected chi connectivity index (χ2v) is 18.5. The normalized spacial score (nSPS) is 14.4. The van der Waals surface area contributed by atoms with E-state index in [1.807, 2.05) is 0 Å². The van der Waals surface area contributed by atoms with Gasteiger partial charge in [0.05, 0.1) is 16.7 Å². The van der Waals surface area contributed by atoms with E-state index in [9.17, 15) is 0 Å². The zero-order chi connectivity index (χ0) is 41.5. The van der Waals surface area contributed by atoms with Crippen molar-refractivity contribution in [2.75, 3.05) is 4.90 Å². The minimum Gasteiger partial charge on any atom is -0.310 e. The Hall–Kier alpha value is -7.42. The van der Waals surface area contributed by atoms with Gasteiger partial charge in [0.25, 0.3) is 0 Å². The number of anilines is 3. The van der Waals surface area contributed by atoms with Gasteiger partial charge in [0.2, 0.25) is 0 Å². The highest BCUT2D eigenvalue weighted by molar-refractivity contribution is 6.19. The summed E-state index contributed by atoms with van der Waals surface area (Å²) < 4.78 is 2.55. The fourth-order valence-corrected chi connectivity index (χ4v) is 11.5. The van der Waals surface area contributed by atoms with Crippen molar-refractivity contribution < 1.29 is 0 Å². The minimum atomic E-state index is -0.115. The monoisotopic (exact) mass is 792 g/mol. The van der Waals surface area contributed by atoms with E-state index in [0.29, 0.717) is 0 Å². The van der Waals surface area contributed by atoms with Gasteiger partial charge in [-0.25, -0.2) is 0 Å². The van der Waals surface area contributed by atoms with E-state index < -0.39 is 0 Å². The van der Waals surface area contributed by atoms with Crippen LogP contribution in [-0.4, -0.2) is 4.57 Å². The predicted octanol–water partition coefficient (Wildman–Crippen LogP) is 16.2. The second kappa shape index (κ2) is 12.6. The zero-order valence-electron chi connectivity index (χ0n) is 35.4. The van der Waals surface area contributed by atoms with E-state index in [4.69, 9.17) is 0 Å². The van der Waals surface area contributed by atoms with E-state index >= 15 is 0 Å². The molecule has 0 atom stereocenters. The lowest BCUT2D eigenvalue weighted by Gasteiger charge is -2.29. The fourth-order valence-electron chi connectivity index (χ4n) is 11.5. The van der Waals surface area contributed by atoms with Gasteiger partial charge in [-0.15, -0.1) is 0 Å². The molecule has 2 aliphatic carbocycles. The molecule has 0 fully saturated rings. The molecule has 0 saturated heterocycles. The van der Waals surface area contributed by atoms with Crippen molar-refractivity contribution in [3.63, 3.8) is 0 Å². The van der Waals surface area contributed by atoms with Crippen LogP contribution in [0, 0.1) is 0 Å². The van der Waals surface area contributed by atoms with Crippen LogP contribution in [0.1, 0.15) is 49.9 Å². The number of hydrogen-bond donors (Lipinski definition) is 0. The van der Waals surface area contributed by atoms with Crippen LogP contribution in [0.15, 0.2) is 194 Å². The van der Waals surface area contributed by atoms with Crippen molar-refractivity contribution in [1.29, 1.82) is 0 Å². The summed E-state index contributed by atoms with van der Waals surface area (Å²) in [5.41, 5.74) is 25.4. The van der Waals surface area contributed by atoms with Crippen molar-refractivity contribution in [3.05, 3.63) is 216 Å². The number of rotatable bonds is 5. The molecule has 2 heterocycles. The van der Waals surface area contributed by atoms with Crippen molar-refractivity contribution in [2.45, 2.75) is 38.5 Å². The van der Waals surface area contributed by atoms with Crippen LogP contribution < -0.4 is 4.90 Å². The highest BCUT2D eigenvalue weighted by Crippen LogP contribution is 2.58. The molecule has 2 heteroatoms. The first kappa shape index (κ1) is 35.3. The molecule has 294 valence electrons. The summed E-state index contributed by atoms with van der Waals surface area (Å²) in [6.45, 7) is 9.51. The second-order valence-electron chi connectivity index (χ2n) is 18.5. The topological polar surface area (TPSA) is 8.17 Å². The maximum atomic E-state index is 2.55. The first-order chi connectivity index (χ1) is 30.3. The Morgan fingerprint density at radius 2 is 0.935 bits per heavy atom. The standard InChI is InChI=1S/C60H44N2/c1-59(2)50-24-10-8-21-44(50)45-29-28-43(36-53(45)59)61(41-19-12-17-38(33-41)37-15-6-5-7-16-37)42-20-13-18-39(34-42)40-27-32-55-49(35-40)48-30-31-52-57-56-47(23-14-25-51(56)60(52,3)4)46-22-9-11-26-54(46)62(55)58(48)57/h5-36H,1-4H3. The third-order valence-corrected chi connectivity index (χ3v) is 14.5.